The number of halogens is 1. The van der Waals surface area contributed by atoms with Gasteiger partial charge in [-0.1, -0.05) is 55.8 Å². The summed E-state index contributed by atoms with van der Waals surface area (Å²) < 4.78 is 5.84. The van der Waals surface area contributed by atoms with E-state index in [0.29, 0.717) is 23.9 Å². The number of ether oxygens (including phenoxy) is 1. The highest BCUT2D eigenvalue weighted by Gasteiger charge is 2.26. The Bertz CT molecular complexity index is 821. The third-order valence-electron chi connectivity index (χ3n) is 4.68. The summed E-state index contributed by atoms with van der Waals surface area (Å²) >= 11 is 5.96. The number of benzene rings is 2. The molecule has 5 nitrogen and oxygen atoms in total. The van der Waals surface area contributed by atoms with Crippen molar-refractivity contribution in [3.8, 4) is 5.75 Å². The number of nitrogens with zero attached hydrogens (tertiary/aromatic N) is 1. The Kier molecular flexibility index (Phi) is 8.52. The predicted molar refractivity (Wildman–Crippen MR) is 116 cm³/mol. The van der Waals surface area contributed by atoms with Crippen molar-refractivity contribution < 1.29 is 14.3 Å². The first-order chi connectivity index (χ1) is 13.8. The molecule has 0 saturated heterocycles. The van der Waals surface area contributed by atoms with Crippen LogP contribution >= 0.6 is 11.6 Å². The van der Waals surface area contributed by atoms with Gasteiger partial charge in [-0.3, -0.25) is 9.59 Å². The van der Waals surface area contributed by atoms with E-state index in [1.54, 1.807) is 19.1 Å². The summed E-state index contributed by atoms with van der Waals surface area (Å²) in [5.74, 6) is 0.517. The molecule has 0 heterocycles. The van der Waals surface area contributed by atoms with Crippen LogP contribution in [0.5, 0.6) is 5.75 Å². The molecule has 2 rings (SSSR count). The molecule has 1 atom stereocenters. The van der Waals surface area contributed by atoms with E-state index < -0.39 is 6.04 Å². The topological polar surface area (TPSA) is 58.6 Å². The van der Waals surface area contributed by atoms with Gasteiger partial charge in [0.2, 0.25) is 5.91 Å². The van der Waals surface area contributed by atoms with Crippen LogP contribution in [-0.4, -0.2) is 35.9 Å². The van der Waals surface area contributed by atoms with Gasteiger partial charge < -0.3 is 15.0 Å². The van der Waals surface area contributed by atoms with E-state index in [9.17, 15) is 9.59 Å². The fourth-order valence-electron chi connectivity index (χ4n) is 3.00. The van der Waals surface area contributed by atoms with Crippen LogP contribution in [0.1, 0.15) is 44.7 Å². The number of hydrogen-bond donors (Lipinski definition) is 1. The number of nitrogens with one attached hydrogen (secondary N) is 1. The summed E-state index contributed by atoms with van der Waals surface area (Å²) in [6.07, 6.45) is 0. The van der Waals surface area contributed by atoms with Gasteiger partial charge in [-0.05, 0) is 49.1 Å². The van der Waals surface area contributed by atoms with Gasteiger partial charge in [0.05, 0.1) is 0 Å². The van der Waals surface area contributed by atoms with E-state index in [1.807, 2.05) is 43.3 Å². The van der Waals surface area contributed by atoms with Crippen molar-refractivity contribution >= 4 is 23.4 Å². The highest BCUT2D eigenvalue weighted by Crippen LogP contribution is 2.26. The average Bonchev–Trinajstić information content (AvgIpc) is 2.71. The molecule has 6 heteroatoms. The number of likely N-dealkylation sites (N-methyl/N-ethyl adjacent to an activating group) is 1. The summed E-state index contributed by atoms with van der Waals surface area (Å²) in [5, 5.41) is 3.40. The zero-order valence-corrected chi connectivity index (χ0v) is 18.2. The molecule has 0 bridgehead atoms. The van der Waals surface area contributed by atoms with Crippen LogP contribution in [-0.2, 0) is 16.1 Å². The Morgan fingerprint density at radius 1 is 1.07 bits per heavy atom. The van der Waals surface area contributed by atoms with Gasteiger partial charge in [0.25, 0.3) is 5.91 Å². The second kappa shape index (κ2) is 10.9. The molecule has 0 aliphatic carbocycles. The van der Waals surface area contributed by atoms with Crippen molar-refractivity contribution in [1.82, 2.24) is 10.2 Å². The molecule has 0 fully saturated rings. The zero-order valence-electron chi connectivity index (χ0n) is 17.4. The molecule has 0 saturated carbocycles. The highest BCUT2D eigenvalue weighted by atomic mass is 35.5. The van der Waals surface area contributed by atoms with E-state index in [2.05, 4.69) is 19.2 Å². The molecule has 2 aromatic rings. The van der Waals surface area contributed by atoms with Crippen molar-refractivity contribution in [2.24, 2.45) is 0 Å². The minimum atomic E-state index is -0.623. The lowest BCUT2D eigenvalue weighted by Crippen LogP contribution is -2.49. The monoisotopic (exact) mass is 416 g/mol. The first-order valence-electron chi connectivity index (χ1n) is 9.86. The number of para-hydroxylation sites is 1. The Morgan fingerprint density at radius 3 is 2.34 bits per heavy atom. The van der Waals surface area contributed by atoms with Gasteiger partial charge in [-0.25, -0.2) is 0 Å². The molecule has 0 aliphatic heterocycles. The van der Waals surface area contributed by atoms with Crippen LogP contribution in [0.2, 0.25) is 5.02 Å². The molecule has 2 aromatic carbocycles. The second-order valence-electron chi connectivity index (χ2n) is 7.20. The predicted octanol–water partition coefficient (Wildman–Crippen LogP) is 4.40. The Labute approximate surface area is 178 Å². The number of rotatable bonds is 9. The SMILES string of the molecule is CCNC(=O)C(C)N(Cc1ccc(Cl)cc1)C(=O)COc1ccccc1C(C)C. The molecule has 0 aromatic heterocycles. The van der Waals surface area contributed by atoms with Crippen LogP contribution in [0.3, 0.4) is 0 Å². The van der Waals surface area contributed by atoms with E-state index in [1.165, 1.54) is 4.90 Å². The lowest BCUT2D eigenvalue weighted by atomic mass is 10.0. The molecular formula is C23H29ClN2O3. The zero-order chi connectivity index (χ0) is 21.4. The molecule has 0 radical (unpaired) electrons. The molecule has 1 unspecified atom stereocenters. The maximum absolute atomic E-state index is 13.0. The largest absolute Gasteiger partial charge is 0.483 e. The first-order valence-corrected chi connectivity index (χ1v) is 10.2. The van der Waals surface area contributed by atoms with Crippen molar-refractivity contribution in [2.45, 2.75) is 46.2 Å². The van der Waals surface area contributed by atoms with Crippen molar-refractivity contribution in [2.75, 3.05) is 13.2 Å². The summed E-state index contributed by atoms with van der Waals surface area (Å²) in [5.41, 5.74) is 1.93. The summed E-state index contributed by atoms with van der Waals surface area (Å²) in [7, 11) is 0. The summed E-state index contributed by atoms with van der Waals surface area (Å²) in [6.45, 7) is 8.39. The van der Waals surface area contributed by atoms with Crippen LogP contribution in [0.15, 0.2) is 48.5 Å². The summed E-state index contributed by atoms with van der Waals surface area (Å²) in [6, 6.07) is 14.3. The molecule has 156 valence electrons. The van der Waals surface area contributed by atoms with Crippen LogP contribution in [0.25, 0.3) is 0 Å². The molecule has 0 aliphatic rings. The molecule has 0 spiro atoms. The maximum Gasteiger partial charge on any atom is 0.261 e. The van der Waals surface area contributed by atoms with E-state index >= 15 is 0 Å². The lowest BCUT2D eigenvalue weighted by molar-refractivity contribution is -0.142. The quantitative estimate of drug-likeness (QED) is 0.659. The fraction of sp³-hybridized carbons (Fsp3) is 0.391. The standard InChI is InChI=1S/C23H29ClN2O3/c1-5-25-23(28)17(4)26(14-18-10-12-19(24)13-11-18)22(27)15-29-21-9-7-6-8-20(21)16(2)3/h6-13,16-17H,5,14-15H2,1-4H3,(H,25,28). The number of amides is 2. The number of hydrogen-bond acceptors (Lipinski definition) is 3. The van der Waals surface area contributed by atoms with Crippen LogP contribution in [0, 0.1) is 0 Å². The van der Waals surface area contributed by atoms with E-state index in [-0.39, 0.29) is 24.3 Å². The lowest BCUT2D eigenvalue weighted by Gasteiger charge is -2.29. The van der Waals surface area contributed by atoms with Gasteiger partial charge in [-0.15, -0.1) is 0 Å². The van der Waals surface area contributed by atoms with Gasteiger partial charge in [-0.2, -0.15) is 0 Å². The minimum Gasteiger partial charge on any atom is -0.483 e. The molecular weight excluding hydrogens is 388 g/mol. The third kappa shape index (κ3) is 6.50. The van der Waals surface area contributed by atoms with Crippen LogP contribution < -0.4 is 10.1 Å². The average molecular weight is 417 g/mol. The summed E-state index contributed by atoms with van der Waals surface area (Å²) in [4.78, 5) is 26.9. The normalized spacial score (nSPS) is 11.8. The van der Waals surface area contributed by atoms with Gasteiger partial charge >= 0.3 is 0 Å². The molecule has 2 amide bonds. The Morgan fingerprint density at radius 2 is 1.72 bits per heavy atom. The van der Waals surface area contributed by atoms with Gasteiger partial charge in [0.1, 0.15) is 11.8 Å². The number of carbonyl (C=O) groups excluding carboxylic acids is 2. The smallest absolute Gasteiger partial charge is 0.261 e. The van der Waals surface area contributed by atoms with Gasteiger partial charge in [0, 0.05) is 18.1 Å². The Balaban J connectivity index is 2.17. The van der Waals surface area contributed by atoms with Gasteiger partial charge in [0.15, 0.2) is 6.61 Å². The fourth-order valence-corrected chi connectivity index (χ4v) is 3.13. The number of carbonyl (C=O) groups is 2. The first kappa shape index (κ1) is 22.8. The molecule has 1 N–H and O–H groups in total. The van der Waals surface area contributed by atoms with E-state index in [4.69, 9.17) is 16.3 Å². The van der Waals surface area contributed by atoms with Crippen molar-refractivity contribution in [3.63, 3.8) is 0 Å². The molecule has 29 heavy (non-hydrogen) atoms. The maximum atomic E-state index is 13.0. The highest BCUT2D eigenvalue weighted by molar-refractivity contribution is 6.30. The minimum absolute atomic E-state index is 0.138. The van der Waals surface area contributed by atoms with Crippen LogP contribution in [0.4, 0.5) is 0 Å². The van der Waals surface area contributed by atoms with Crippen molar-refractivity contribution in [1.29, 1.82) is 0 Å². The van der Waals surface area contributed by atoms with E-state index in [0.717, 1.165) is 11.1 Å². The third-order valence-corrected chi connectivity index (χ3v) is 4.93. The van der Waals surface area contributed by atoms with Crippen molar-refractivity contribution in [3.05, 3.63) is 64.7 Å². The Hall–Kier alpha value is -2.53. The second-order valence-corrected chi connectivity index (χ2v) is 7.64.